The van der Waals surface area contributed by atoms with E-state index in [0.29, 0.717) is 6.61 Å². The molecular weight excluding hydrogens is 278 g/mol. The molecule has 1 saturated heterocycles. The topological polar surface area (TPSA) is 108 Å². The Morgan fingerprint density at radius 3 is 2.52 bits per heavy atom. The first-order valence-electron chi connectivity index (χ1n) is 7.01. The van der Waals surface area contributed by atoms with Crippen molar-refractivity contribution in [1.29, 1.82) is 0 Å². The zero-order chi connectivity index (χ0) is 15.6. The average molecular weight is 299 g/mol. The predicted molar refractivity (Wildman–Crippen MR) is 72.7 cm³/mol. The van der Waals surface area contributed by atoms with Gasteiger partial charge in [-0.25, -0.2) is 9.59 Å². The Morgan fingerprint density at radius 2 is 1.95 bits per heavy atom. The molecule has 3 amide bonds. The minimum Gasteiger partial charge on any atom is -0.480 e. The molecule has 0 aromatic heterocycles. The number of ether oxygens (including phenoxy) is 1. The maximum atomic E-state index is 12.3. The summed E-state index contributed by atoms with van der Waals surface area (Å²) < 4.78 is 5.26. The van der Waals surface area contributed by atoms with Gasteiger partial charge in [0.25, 0.3) is 0 Å². The molecule has 1 unspecified atom stereocenters. The van der Waals surface area contributed by atoms with Crippen molar-refractivity contribution in [3.63, 3.8) is 0 Å². The molecule has 1 heterocycles. The minimum atomic E-state index is -1.40. The number of nitrogens with zero attached hydrogens (tertiary/aromatic N) is 1. The fraction of sp³-hybridized carbons (Fsp3) is 0.769. The number of amides is 3. The molecular formula is C13H21N3O5. The second-order valence-electron chi connectivity index (χ2n) is 5.93. The van der Waals surface area contributed by atoms with Gasteiger partial charge in [-0.05, 0) is 26.7 Å². The maximum absolute atomic E-state index is 12.3. The monoisotopic (exact) mass is 299 g/mol. The lowest BCUT2D eigenvalue weighted by Gasteiger charge is -2.36. The average Bonchev–Trinajstić information content (AvgIpc) is 3.22. The fourth-order valence-electron chi connectivity index (χ4n) is 1.98. The second-order valence-corrected chi connectivity index (χ2v) is 5.93. The lowest BCUT2D eigenvalue weighted by atomic mass is 10.1. The van der Waals surface area contributed by atoms with Gasteiger partial charge in [-0.2, -0.15) is 0 Å². The summed E-state index contributed by atoms with van der Waals surface area (Å²) >= 11 is 0. The fourth-order valence-corrected chi connectivity index (χ4v) is 1.98. The van der Waals surface area contributed by atoms with E-state index in [4.69, 9.17) is 9.84 Å². The number of urea groups is 1. The number of carbonyl (C=O) groups is 3. The number of morpholine rings is 1. The van der Waals surface area contributed by atoms with E-state index in [1.165, 1.54) is 18.7 Å². The molecule has 118 valence electrons. The van der Waals surface area contributed by atoms with Crippen molar-refractivity contribution in [3.05, 3.63) is 0 Å². The highest BCUT2D eigenvalue weighted by Gasteiger charge is 2.38. The Labute approximate surface area is 122 Å². The molecule has 0 aromatic carbocycles. The Hall–Kier alpha value is -1.83. The lowest BCUT2D eigenvalue weighted by molar-refractivity contribution is -0.143. The third-order valence-electron chi connectivity index (χ3n) is 3.57. The molecule has 2 aliphatic rings. The van der Waals surface area contributed by atoms with Crippen LogP contribution < -0.4 is 10.6 Å². The Morgan fingerprint density at radius 1 is 1.29 bits per heavy atom. The zero-order valence-electron chi connectivity index (χ0n) is 12.2. The van der Waals surface area contributed by atoms with Gasteiger partial charge in [0.05, 0.1) is 13.2 Å². The van der Waals surface area contributed by atoms with Gasteiger partial charge in [0.1, 0.15) is 11.6 Å². The van der Waals surface area contributed by atoms with Crippen LogP contribution in [0.15, 0.2) is 0 Å². The van der Waals surface area contributed by atoms with Crippen LogP contribution in [0.25, 0.3) is 0 Å². The van der Waals surface area contributed by atoms with Crippen molar-refractivity contribution in [2.24, 2.45) is 0 Å². The number of rotatable bonds is 4. The van der Waals surface area contributed by atoms with Crippen molar-refractivity contribution >= 4 is 17.9 Å². The van der Waals surface area contributed by atoms with Crippen LogP contribution in [0.1, 0.15) is 26.7 Å². The second kappa shape index (κ2) is 5.88. The van der Waals surface area contributed by atoms with E-state index in [2.05, 4.69) is 10.6 Å². The minimum absolute atomic E-state index is 0.124. The summed E-state index contributed by atoms with van der Waals surface area (Å²) in [5.41, 5.74) is -1.40. The number of aliphatic carboxylic acids is 1. The van der Waals surface area contributed by atoms with Crippen LogP contribution in [-0.2, 0) is 14.3 Å². The first kappa shape index (κ1) is 15.6. The number of hydrogen-bond donors (Lipinski definition) is 3. The highest BCUT2D eigenvalue weighted by molar-refractivity contribution is 5.90. The molecule has 21 heavy (non-hydrogen) atoms. The van der Waals surface area contributed by atoms with Gasteiger partial charge in [0.2, 0.25) is 5.91 Å². The van der Waals surface area contributed by atoms with E-state index in [1.54, 1.807) is 0 Å². The zero-order valence-corrected chi connectivity index (χ0v) is 12.2. The van der Waals surface area contributed by atoms with E-state index in [0.717, 1.165) is 12.8 Å². The SMILES string of the molecule is CC(C)(NC(=O)N1CCOCC1C(=O)NC1CC1)C(=O)O. The first-order valence-corrected chi connectivity index (χ1v) is 7.01. The number of carboxylic acids is 1. The highest BCUT2D eigenvalue weighted by Crippen LogP contribution is 2.20. The molecule has 0 bridgehead atoms. The molecule has 2 fully saturated rings. The van der Waals surface area contributed by atoms with Crippen molar-refractivity contribution in [2.75, 3.05) is 19.8 Å². The summed E-state index contributed by atoms with van der Waals surface area (Å²) in [6.07, 6.45) is 1.91. The molecule has 8 nitrogen and oxygen atoms in total. The van der Waals surface area contributed by atoms with E-state index >= 15 is 0 Å². The van der Waals surface area contributed by atoms with Gasteiger partial charge in [-0.1, -0.05) is 0 Å². The van der Waals surface area contributed by atoms with Crippen molar-refractivity contribution in [3.8, 4) is 0 Å². The van der Waals surface area contributed by atoms with E-state index in [-0.39, 0.29) is 25.1 Å². The molecule has 1 saturated carbocycles. The Balaban J connectivity index is 2.01. The van der Waals surface area contributed by atoms with Crippen LogP contribution in [0.4, 0.5) is 4.79 Å². The van der Waals surface area contributed by atoms with E-state index in [9.17, 15) is 14.4 Å². The Kier molecular flexibility index (Phi) is 4.36. The third-order valence-corrected chi connectivity index (χ3v) is 3.57. The molecule has 3 N–H and O–H groups in total. The smallest absolute Gasteiger partial charge is 0.328 e. The maximum Gasteiger partial charge on any atom is 0.328 e. The first-order chi connectivity index (χ1) is 9.81. The molecule has 0 spiro atoms. The van der Waals surface area contributed by atoms with Gasteiger partial charge < -0.3 is 25.4 Å². The number of nitrogens with one attached hydrogen (secondary N) is 2. The molecule has 1 aliphatic heterocycles. The van der Waals surface area contributed by atoms with Crippen LogP contribution in [0, 0.1) is 0 Å². The van der Waals surface area contributed by atoms with Gasteiger partial charge in [-0.3, -0.25) is 4.79 Å². The van der Waals surface area contributed by atoms with Crippen LogP contribution in [0.3, 0.4) is 0 Å². The summed E-state index contributed by atoms with van der Waals surface area (Å²) in [4.78, 5) is 36.8. The molecule has 2 rings (SSSR count). The quantitative estimate of drug-likeness (QED) is 0.651. The van der Waals surface area contributed by atoms with E-state index in [1.807, 2.05) is 0 Å². The molecule has 1 aliphatic carbocycles. The van der Waals surface area contributed by atoms with Crippen molar-refractivity contribution in [2.45, 2.75) is 44.3 Å². The highest BCUT2D eigenvalue weighted by atomic mass is 16.5. The number of carboxylic acid groups (broad SMARTS) is 1. The summed E-state index contributed by atoms with van der Waals surface area (Å²) in [6.45, 7) is 3.50. The third kappa shape index (κ3) is 3.84. The largest absolute Gasteiger partial charge is 0.480 e. The van der Waals surface area contributed by atoms with Crippen LogP contribution in [0.5, 0.6) is 0 Å². The van der Waals surface area contributed by atoms with Crippen LogP contribution in [-0.4, -0.2) is 65.3 Å². The van der Waals surface area contributed by atoms with Crippen LogP contribution >= 0.6 is 0 Å². The van der Waals surface area contributed by atoms with Crippen molar-refractivity contribution < 1.29 is 24.2 Å². The normalized spacial score (nSPS) is 22.6. The predicted octanol–water partition coefficient (Wildman–Crippen LogP) is -0.461. The summed E-state index contributed by atoms with van der Waals surface area (Å²) in [7, 11) is 0. The van der Waals surface area contributed by atoms with Gasteiger partial charge in [0, 0.05) is 12.6 Å². The molecule has 0 radical (unpaired) electrons. The lowest BCUT2D eigenvalue weighted by Crippen LogP contribution is -2.62. The standard InChI is InChI=1S/C13H21N3O5/c1-13(2,11(18)19)15-12(20)16-5-6-21-7-9(16)10(17)14-8-3-4-8/h8-9H,3-7H2,1-2H3,(H,14,17)(H,15,20)(H,18,19). The summed E-state index contributed by atoms with van der Waals surface area (Å²) in [5.74, 6) is -1.39. The van der Waals surface area contributed by atoms with Gasteiger partial charge in [0.15, 0.2) is 0 Å². The van der Waals surface area contributed by atoms with Crippen molar-refractivity contribution in [1.82, 2.24) is 15.5 Å². The van der Waals surface area contributed by atoms with Crippen LogP contribution in [0.2, 0.25) is 0 Å². The van der Waals surface area contributed by atoms with Gasteiger partial charge in [-0.15, -0.1) is 0 Å². The van der Waals surface area contributed by atoms with E-state index < -0.39 is 23.6 Å². The number of carbonyl (C=O) groups excluding carboxylic acids is 2. The summed E-state index contributed by atoms with van der Waals surface area (Å²) in [6, 6.07) is -1.09. The Bertz CT molecular complexity index is 447. The summed E-state index contributed by atoms with van der Waals surface area (Å²) in [5, 5.41) is 14.3. The molecule has 1 atom stereocenters. The van der Waals surface area contributed by atoms with Gasteiger partial charge >= 0.3 is 12.0 Å². The molecule has 0 aromatic rings. The molecule has 8 heteroatoms. The number of hydrogen-bond acceptors (Lipinski definition) is 4.